The number of aliphatic hydroxyl groups is 2. The number of aromatic amines is 1. The largest absolute Gasteiger partial charge is 0.394 e. The number of rotatable bonds is 7. The topological polar surface area (TPSA) is 114 Å². The van der Waals surface area contributed by atoms with Crippen LogP contribution < -0.4 is 11.2 Å². The molecule has 0 aliphatic carbocycles. The van der Waals surface area contributed by atoms with Gasteiger partial charge in [0.15, 0.2) is 0 Å². The van der Waals surface area contributed by atoms with Gasteiger partial charge in [-0.3, -0.25) is 14.3 Å². The lowest BCUT2D eigenvalue weighted by atomic mass is 10.0. The van der Waals surface area contributed by atoms with Crippen LogP contribution in [0.3, 0.4) is 0 Å². The lowest BCUT2D eigenvalue weighted by Crippen LogP contribution is -2.34. The Bertz CT molecular complexity index is 1140. The van der Waals surface area contributed by atoms with Crippen molar-refractivity contribution in [1.82, 2.24) is 9.55 Å². The molecule has 1 saturated heterocycles. The van der Waals surface area contributed by atoms with Crippen molar-refractivity contribution in [2.75, 3.05) is 6.61 Å². The van der Waals surface area contributed by atoms with Crippen molar-refractivity contribution in [3.63, 3.8) is 0 Å². The molecule has 31 heavy (non-hydrogen) atoms. The molecule has 4 rings (SSSR count). The van der Waals surface area contributed by atoms with Gasteiger partial charge in [0.25, 0.3) is 5.56 Å². The summed E-state index contributed by atoms with van der Waals surface area (Å²) in [4.78, 5) is 26.7. The second-order valence-corrected chi connectivity index (χ2v) is 7.45. The molecule has 2 heterocycles. The summed E-state index contributed by atoms with van der Waals surface area (Å²) >= 11 is 0. The number of aromatic nitrogens is 2. The highest BCUT2D eigenvalue weighted by molar-refractivity contribution is 5.67. The Morgan fingerprint density at radius 2 is 1.74 bits per heavy atom. The highest BCUT2D eigenvalue weighted by atomic mass is 16.5. The van der Waals surface area contributed by atoms with E-state index in [0.29, 0.717) is 0 Å². The van der Waals surface area contributed by atoms with Gasteiger partial charge in [-0.25, -0.2) is 4.79 Å². The molecule has 1 aromatic heterocycles. The summed E-state index contributed by atoms with van der Waals surface area (Å²) in [6.07, 6.45) is -0.890. The number of hydrogen-bond acceptors (Lipinski definition) is 6. The fraction of sp³-hybridized carbons (Fsp3) is 0.304. The summed E-state index contributed by atoms with van der Waals surface area (Å²) < 4.78 is 12.5. The molecule has 3 N–H and O–H groups in total. The van der Waals surface area contributed by atoms with E-state index in [1.807, 2.05) is 54.6 Å². The summed E-state index contributed by atoms with van der Waals surface area (Å²) in [5.74, 6) is 0. The van der Waals surface area contributed by atoms with Crippen molar-refractivity contribution in [3.05, 3.63) is 92.8 Å². The average molecular weight is 424 g/mol. The van der Waals surface area contributed by atoms with Gasteiger partial charge in [-0.15, -0.1) is 0 Å². The minimum absolute atomic E-state index is 0.00254. The third-order valence-corrected chi connectivity index (χ3v) is 5.35. The molecule has 8 nitrogen and oxygen atoms in total. The van der Waals surface area contributed by atoms with Crippen LogP contribution in [-0.4, -0.2) is 38.6 Å². The molecule has 1 aliphatic heterocycles. The van der Waals surface area contributed by atoms with Crippen LogP contribution in [0.2, 0.25) is 0 Å². The second-order valence-electron chi connectivity index (χ2n) is 7.45. The monoisotopic (exact) mass is 424 g/mol. The number of H-pyrrole nitrogens is 1. The van der Waals surface area contributed by atoms with Gasteiger partial charge >= 0.3 is 5.69 Å². The third-order valence-electron chi connectivity index (χ3n) is 5.35. The molecule has 0 spiro atoms. The minimum atomic E-state index is -0.886. The molecule has 0 saturated carbocycles. The number of ether oxygens (including phenoxy) is 2. The number of nitrogens with zero attached hydrogens (tertiary/aromatic N) is 1. The van der Waals surface area contributed by atoms with Crippen molar-refractivity contribution < 1.29 is 19.7 Å². The van der Waals surface area contributed by atoms with Crippen molar-refractivity contribution in [3.8, 4) is 11.1 Å². The third kappa shape index (κ3) is 4.67. The predicted molar refractivity (Wildman–Crippen MR) is 113 cm³/mol. The number of nitrogens with one attached hydrogen (secondary N) is 1. The minimum Gasteiger partial charge on any atom is -0.394 e. The van der Waals surface area contributed by atoms with Crippen molar-refractivity contribution in [1.29, 1.82) is 0 Å². The van der Waals surface area contributed by atoms with Crippen molar-refractivity contribution in [2.24, 2.45) is 0 Å². The van der Waals surface area contributed by atoms with Crippen LogP contribution in [0, 0.1) is 0 Å². The molecule has 1 aliphatic rings. The molecular formula is C23H24N2O6. The lowest BCUT2D eigenvalue weighted by Gasteiger charge is -2.15. The Morgan fingerprint density at radius 1 is 1.03 bits per heavy atom. The molecule has 8 heteroatoms. The van der Waals surface area contributed by atoms with Gasteiger partial charge in [0.1, 0.15) is 12.3 Å². The highest BCUT2D eigenvalue weighted by Crippen LogP contribution is 2.27. The molecule has 1 fully saturated rings. The normalized spacial score (nSPS) is 20.8. The zero-order chi connectivity index (χ0) is 21.8. The molecule has 0 radical (unpaired) electrons. The van der Waals surface area contributed by atoms with E-state index in [0.717, 1.165) is 16.7 Å². The average Bonchev–Trinajstić information content (AvgIpc) is 3.16. The van der Waals surface area contributed by atoms with E-state index in [4.69, 9.17) is 9.47 Å². The first-order valence-electron chi connectivity index (χ1n) is 10.1. The second kappa shape index (κ2) is 9.40. The molecule has 0 amide bonds. The van der Waals surface area contributed by atoms with E-state index in [-0.39, 0.29) is 31.8 Å². The maximum absolute atomic E-state index is 12.2. The van der Waals surface area contributed by atoms with Gasteiger partial charge in [0, 0.05) is 12.6 Å². The molecule has 2 aromatic carbocycles. The van der Waals surface area contributed by atoms with Crippen LogP contribution in [0.1, 0.15) is 23.8 Å². The maximum Gasteiger partial charge on any atom is 0.330 e. The fourth-order valence-corrected chi connectivity index (χ4v) is 3.71. The van der Waals surface area contributed by atoms with Crippen LogP contribution in [0.15, 0.2) is 70.4 Å². The summed E-state index contributed by atoms with van der Waals surface area (Å²) in [5, 5.41) is 19.2. The summed E-state index contributed by atoms with van der Waals surface area (Å²) in [6.45, 7) is -0.0706. The molecule has 162 valence electrons. The standard InChI is InChI=1S/C23H24N2O6/c26-12-20-19(27)10-21(31-20)25-11-17(22(28)24-23(25)29)14-30-13-16-8-4-5-9-18(16)15-6-2-1-3-7-15/h1-9,11,19-21,26-27H,10,12-14H2,(H,24,28,29)/t19?,20-,21-/m1/s1. The van der Waals surface area contributed by atoms with Crippen LogP contribution in [0.4, 0.5) is 0 Å². The van der Waals surface area contributed by atoms with E-state index < -0.39 is 29.7 Å². The van der Waals surface area contributed by atoms with E-state index in [9.17, 15) is 19.8 Å². The Balaban J connectivity index is 1.49. The fourth-order valence-electron chi connectivity index (χ4n) is 3.71. The van der Waals surface area contributed by atoms with Crippen LogP contribution in [0.5, 0.6) is 0 Å². The first-order valence-corrected chi connectivity index (χ1v) is 10.1. The highest BCUT2D eigenvalue weighted by Gasteiger charge is 2.35. The molecule has 1 unspecified atom stereocenters. The van der Waals surface area contributed by atoms with Crippen molar-refractivity contribution >= 4 is 0 Å². The number of benzene rings is 2. The number of hydrogen-bond donors (Lipinski definition) is 3. The summed E-state index contributed by atoms with van der Waals surface area (Å²) in [6, 6.07) is 17.8. The van der Waals surface area contributed by atoms with Crippen LogP contribution in [-0.2, 0) is 22.7 Å². The first-order chi connectivity index (χ1) is 15.1. The molecular weight excluding hydrogens is 400 g/mol. The van der Waals surface area contributed by atoms with E-state index >= 15 is 0 Å². The van der Waals surface area contributed by atoms with Crippen LogP contribution in [0.25, 0.3) is 11.1 Å². The van der Waals surface area contributed by atoms with Gasteiger partial charge in [-0.05, 0) is 16.7 Å². The SMILES string of the molecule is O=c1[nH]c(=O)n([C@H]2CC(O)[C@@H](CO)O2)cc1COCc1ccccc1-c1ccccc1. The Morgan fingerprint density at radius 3 is 2.48 bits per heavy atom. The zero-order valence-electron chi connectivity index (χ0n) is 16.8. The Hall–Kier alpha value is -3.04. The molecule has 3 aromatic rings. The predicted octanol–water partition coefficient (Wildman–Crippen LogP) is 1.56. The van der Waals surface area contributed by atoms with Gasteiger partial charge < -0.3 is 19.7 Å². The molecule has 3 atom stereocenters. The quantitative estimate of drug-likeness (QED) is 0.531. The van der Waals surface area contributed by atoms with E-state index in [1.54, 1.807) is 0 Å². The number of aliphatic hydroxyl groups excluding tert-OH is 2. The first kappa shape index (κ1) is 21.2. The van der Waals surface area contributed by atoms with Gasteiger partial charge in [-0.2, -0.15) is 0 Å². The zero-order valence-corrected chi connectivity index (χ0v) is 16.8. The van der Waals surface area contributed by atoms with Gasteiger partial charge in [-0.1, -0.05) is 54.6 Å². The lowest BCUT2D eigenvalue weighted by molar-refractivity contribution is -0.0461. The van der Waals surface area contributed by atoms with Crippen LogP contribution >= 0.6 is 0 Å². The molecule has 0 bridgehead atoms. The maximum atomic E-state index is 12.2. The van der Waals surface area contributed by atoms with Gasteiger partial charge in [0.2, 0.25) is 0 Å². The van der Waals surface area contributed by atoms with E-state index in [1.165, 1.54) is 10.8 Å². The van der Waals surface area contributed by atoms with Crippen molar-refractivity contribution in [2.45, 2.75) is 38.1 Å². The van der Waals surface area contributed by atoms with E-state index in [2.05, 4.69) is 4.98 Å². The van der Waals surface area contributed by atoms with Gasteiger partial charge in [0.05, 0.1) is 31.5 Å². The Kier molecular flexibility index (Phi) is 6.43. The summed E-state index contributed by atoms with van der Waals surface area (Å²) in [5.41, 5.74) is 2.19. The summed E-state index contributed by atoms with van der Waals surface area (Å²) in [7, 11) is 0. The Labute approximate surface area is 178 Å². The smallest absolute Gasteiger partial charge is 0.330 e.